The highest BCUT2D eigenvalue weighted by molar-refractivity contribution is 7.97. The Morgan fingerprint density at radius 3 is 2.77 bits per heavy atom. The number of hydrogen-bond donors (Lipinski definition) is 1. The molecule has 0 radical (unpaired) electrons. The van der Waals surface area contributed by atoms with Gasteiger partial charge in [-0.15, -0.1) is 0 Å². The molecule has 6 heteroatoms. The first-order chi connectivity index (χ1) is 10.8. The summed E-state index contributed by atoms with van der Waals surface area (Å²) < 4.78 is 8.46. The van der Waals surface area contributed by atoms with E-state index < -0.39 is 0 Å². The summed E-state index contributed by atoms with van der Waals surface area (Å²) in [5, 5.41) is 0. The van der Waals surface area contributed by atoms with Gasteiger partial charge in [-0.3, -0.25) is 4.72 Å². The van der Waals surface area contributed by atoms with Gasteiger partial charge in [-0.25, -0.2) is 4.79 Å². The molecule has 1 aromatic rings. The van der Waals surface area contributed by atoms with Crippen LogP contribution in [-0.2, 0) is 0 Å². The number of likely N-dealkylation sites (tertiary alicyclic amines) is 1. The second-order valence-electron chi connectivity index (χ2n) is 5.39. The van der Waals surface area contributed by atoms with Crippen LogP contribution in [0.2, 0.25) is 0 Å². The Kier molecular flexibility index (Phi) is 7.39. The molecule has 0 aromatic heterocycles. The molecule has 1 saturated heterocycles. The zero-order valence-corrected chi connectivity index (χ0v) is 14.0. The number of likely N-dealkylation sites (N-methyl/N-ethyl adjacent to an activating group) is 1. The van der Waals surface area contributed by atoms with E-state index in [0.29, 0.717) is 13.2 Å². The van der Waals surface area contributed by atoms with Crippen LogP contribution in [0, 0.1) is 0 Å². The van der Waals surface area contributed by atoms with Crippen LogP contribution in [0.15, 0.2) is 30.3 Å². The summed E-state index contributed by atoms with van der Waals surface area (Å²) in [5.74, 6) is 1.76. The molecule has 2 amide bonds. The third kappa shape index (κ3) is 6.15. The average molecular weight is 323 g/mol. The predicted octanol–water partition coefficient (Wildman–Crippen LogP) is 2.45. The van der Waals surface area contributed by atoms with Crippen LogP contribution in [0.25, 0.3) is 0 Å². The average Bonchev–Trinajstić information content (AvgIpc) is 3.05. The molecule has 1 N–H and O–H groups in total. The van der Waals surface area contributed by atoms with Gasteiger partial charge in [0.05, 0.1) is 6.54 Å². The molecule has 1 heterocycles. The molecular formula is C16H25N3O2S. The third-order valence-electron chi connectivity index (χ3n) is 3.65. The monoisotopic (exact) mass is 323 g/mol. The SMILES string of the molecule is CN(CCOc1ccccc1)C(=O)NSCCN1CCCC1. The molecule has 0 unspecified atom stereocenters. The number of carbonyl (C=O) groups is 1. The Labute approximate surface area is 137 Å². The lowest BCUT2D eigenvalue weighted by Gasteiger charge is -2.18. The van der Waals surface area contributed by atoms with Gasteiger partial charge in [-0.1, -0.05) is 18.2 Å². The molecule has 1 aliphatic heterocycles. The van der Waals surface area contributed by atoms with Crippen molar-refractivity contribution in [2.75, 3.05) is 45.6 Å². The molecule has 0 aliphatic carbocycles. The summed E-state index contributed by atoms with van der Waals surface area (Å²) >= 11 is 1.48. The van der Waals surface area contributed by atoms with Gasteiger partial charge in [0.1, 0.15) is 12.4 Å². The summed E-state index contributed by atoms with van der Waals surface area (Å²) in [7, 11) is 1.78. The van der Waals surface area contributed by atoms with Gasteiger partial charge in [0.25, 0.3) is 0 Å². The van der Waals surface area contributed by atoms with Gasteiger partial charge >= 0.3 is 6.03 Å². The first-order valence-corrected chi connectivity index (χ1v) is 8.77. The van der Waals surface area contributed by atoms with E-state index in [1.54, 1.807) is 11.9 Å². The highest BCUT2D eigenvalue weighted by Crippen LogP contribution is 2.09. The van der Waals surface area contributed by atoms with Crippen LogP contribution in [-0.4, -0.2) is 61.4 Å². The summed E-state index contributed by atoms with van der Waals surface area (Å²) in [6.07, 6.45) is 2.61. The van der Waals surface area contributed by atoms with Crippen molar-refractivity contribution in [1.29, 1.82) is 0 Å². The fourth-order valence-electron chi connectivity index (χ4n) is 2.29. The smallest absolute Gasteiger partial charge is 0.327 e. The van der Waals surface area contributed by atoms with Crippen molar-refractivity contribution in [2.24, 2.45) is 0 Å². The van der Waals surface area contributed by atoms with Crippen LogP contribution in [0.4, 0.5) is 4.79 Å². The molecule has 22 heavy (non-hydrogen) atoms. The van der Waals surface area contributed by atoms with Crippen molar-refractivity contribution in [3.05, 3.63) is 30.3 Å². The summed E-state index contributed by atoms with van der Waals surface area (Å²) in [6, 6.07) is 9.57. The van der Waals surface area contributed by atoms with E-state index in [0.717, 1.165) is 18.0 Å². The summed E-state index contributed by atoms with van der Waals surface area (Å²) in [6.45, 7) is 4.50. The highest BCUT2D eigenvalue weighted by Gasteiger charge is 2.12. The molecule has 1 aliphatic rings. The molecule has 5 nitrogen and oxygen atoms in total. The Morgan fingerprint density at radius 1 is 1.32 bits per heavy atom. The zero-order chi connectivity index (χ0) is 15.6. The van der Waals surface area contributed by atoms with E-state index >= 15 is 0 Å². The zero-order valence-electron chi connectivity index (χ0n) is 13.2. The van der Waals surface area contributed by atoms with E-state index in [9.17, 15) is 4.79 Å². The van der Waals surface area contributed by atoms with Crippen LogP contribution in [0.1, 0.15) is 12.8 Å². The predicted molar refractivity (Wildman–Crippen MR) is 91.2 cm³/mol. The van der Waals surface area contributed by atoms with Crippen molar-refractivity contribution in [3.63, 3.8) is 0 Å². The Bertz CT molecular complexity index is 438. The number of nitrogens with zero attached hydrogens (tertiary/aromatic N) is 2. The Morgan fingerprint density at radius 2 is 2.05 bits per heavy atom. The number of benzene rings is 1. The molecule has 2 rings (SSSR count). The van der Waals surface area contributed by atoms with Crippen LogP contribution < -0.4 is 9.46 Å². The number of urea groups is 1. The van der Waals surface area contributed by atoms with Crippen molar-refractivity contribution in [1.82, 2.24) is 14.5 Å². The number of ether oxygens (including phenoxy) is 1. The topological polar surface area (TPSA) is 44.8 Å². The first-order valence-electron chi connectivity index (χ1n) is 7.79. The van der Waals surface area contributed by atoms with Gasteiger partial charge in [0.15, 0.2) is 0 Å². The van der Waals surface area contributed by atoms with Gasteiger partial charge in [-0.2, -0.15) is 0 Å². The van der Waals surface area contributed by atoms with Crippen molar-refractivity contribution in [2.45, 2.75) is 12.8 Å². The van der Waals surface area contributed by atoms with E-state index in [4.69, 9.17) is 4.74 Å². The maximum Gasteiger partial charge on any atom is 0.327 e. The Hall–Kier alpha value is -1.40. The fourth-order valence-corrected chi connectivity index (χ4v) is 3.02. The first kappa shape index (κ1) is 17.0. The Balaban J connectivity index is 1.52. The normalized spacial score (nSPS) is 14.8. The minimum absolute atomic E-state index is 0.0666. The fraction of sp³-hybridized carbons (Fsp3) is 0.562. The third-order valence-corrected chi connectivity index (χ3v) is 4.36. The van der Waals surface area contributed by atoms with E-state index in [-0.39, 0.29) is 6.03 Å². The molecular weight excluding hydrogens is 298 g/mol. The minimum atomic E-state index is -0.0666. The summed E-state index contributed by atoms with van der Waals surface area (Å²) in [4.78, 5) is 16.0. The van der Waals surface area contributed by atoms with E-state index in [2.05, 4.69) is 9.62 Å². The molecule has 1 fully saturated rings. The minimum Gasteiger partial charge on any atom is -0.492 e. The molecule has 0 spiro atoms. The number of rotatable bonds is 8. The number of nitrogens with one attached hydrogen (secondary N) is 1. The number of para-hydroxylation sites is 1. The second kappa shape index (κ2) is 9.58. The largest absolute Gasteiger partial charge is 0.492 e. The van der Waals surface area contributed by atoms with Crippen LogP contribution >= 0.6 is 11.9 Å². The molecule has 0 atom stereocenters. The van der Waals surface area contributed by atoms with Gasteiger partial charge in [0, 0.05) is 19.3 Å². The van der Waals surface area contributed by atoms with Crippen molar-refractivity contribution >= 4 is 18.0 Å². The highest BCUT2D eigenvalue weighted by atomic mass is 32.2. The van der Waals surface area contributed by atoms with Crippen LogP contribution in [0.3, 0.4) is 0 Å². The lowest BCUT2D eigenvalue weighted by molar-refractivity contribution is 0.201. The van der Waals surface area contributed by atoms with Crippen molar-refractivity contribution < 1.29 is 9.53 Å². The van der Waals surface area contributed by atoms with Gasteiger partial charge in [-0.05, 0) is 50.0 Å². The molecule has 122 valence electrons. The maximum absolute atomic E-state index is 11.9. The lowest BCUT2D eigenvalue weighted by atomic mass is 10.3. The molecule has 0 saturated carbocycles. The van der Waals surface area contributed by atoms with Crippen LogP contribution in [0.5, 0.6) is 5.75 Å². The quantitative estimate of drug-likeness (QED) is 0.589. The number of carbonyl (C=O) groups excluding carboxylic acids is 1. The van der Waals surface area contributed by atoms with E-state index in [1.165, 1.54) is 37.9 Å². The second-order valence-corrected chi connectivity index (χ2v) is 6.29. The molecule has 1 aromatic carbocycles. The maximum atomic E-state index is 11.9. The summed E-state index contributed by atoms with van der Waals surface area (Å²) in [5.41, 5.74) is 0. The lowest BCUT2D eigenvalue weighted by Crippen LogP contribution is -2.37. The van der Waals surface area contributed by atoms with Gasteiger partial charge in [0.2, 0.25) is 0 Å². The van der Waals surface area contributed by atoms with E-state index in [1.807, 2.05) is 30.3 Å². The number of hydrogen-bond acceptors (Lipinski definition) is 4. The standard InChI is InChI=1S/C16H25N3O2S/c1-18(11-13-21-15-7-3-2-4-8-15)16(20)17-22-14-12-19-9-5-6-10-19/h2-4,7-8H,5-6,9-14H2,1H3,(H,17,20). The van der Waals surface area contributed by atoms with Crippen molar-refractivity contribution in [3.8, 4) is 5.75 Å². The van der Waals surface area contributed by atoms with Gasteiger partial charge < -0.3 is 14.5 Å². The molecule has 0 bridgehead atoms. The number of amides is 2.